The van der Waals surface area contributed by atoms with Crippen LogP contribution in [0.3, 0.4) is 0 Å². The summed E-state index contributed by atoms with van der Waals surface area (Å²) in [5.41, 5.74) is 2.77. The highest BCUT2D eigenvalue weighted by Gasteiger charge is 1.95. The second-order valence-corrected chi connectivity index (χ2v) is 2.75. The van der Waals surface area contributed by atoms with E-state index in [-0.39, 0.29) is 0 Å². The molecule has 13 heavy (non-hydrogen) atoms. The normalized spacial score (nSPS) is 9.85. The van der Waals surface area contributed by atoms with Crippen LogP contribution >= 0.6 is 0 Å². The average molecular weight is 166 g/mol. The number of rotatable bonds is 1. The van der Waals surface area contributed by atoms with E-state index < -0.39 is 0 Å². The molecule has 1 aromatic heterocycles. The summed E-state index contributed by atoms with van der Waals surface area (Å²) >= 11 is 0. The van der Waals surface area contributed by atoms with Gasteiger partial charge in [0.25, 0.3) is 0 Å². The van der Waals surface area contributed by atoms with Gasteiger partial charge >= 0.3 is 0 Å². The minimum Gasteiger partial charge on any atom is -0.244 e. The van der Waals surface area contributed by atoms with E-state index in [1.54, 1.807) is 12.4 Å². The van der Waals surface area contributed by atoms with Crippen LogP contribution in [0.1, 0.15) is 0 Å². The molecule has 0 aliphatic rings. The highest BCUT2D eigenvalue weighted by molar-refractivity contribution is 6.32. The quantitative estimate of drug-likeness (QED) is 0.589. The van der Waals surface area contributed by atoms with Gasteiger partial charge in [0, 0.05) is 18.0 Å². The average Bonchev–Trinajstić information content (AvgIpc) is 2.19. The highest BCUT2D eigenvalue weighted by atomic mass is 14.8. The first-order chi connectivity index (χ1) is 6.36. The standard InChI is InChI=1S/C10H7BN2/c11-10-3-1-2-8(4-10)9-5-12-7-13-6-9/h1-7H. The van der Waals surface area contributed by atoms with Gasteiger partial charge in [0.15, 0.2) is 0 Å². The molecular formula is C10H7BN2. The van der Waals surface area contributed by atoms with Gasteiger partial charge in [-0.25, -0.2) is 9.97 Å². The molecule has 2 nitrogen and oxygen atoms in total. The van der Waals surface area contributed by atoms with E-state index in [1.165, 1.54) is 6.33 Å². The minimum absolute atomic E-state index is 0.751. The third-order valence-corrected chi connectivity index (χ3v) is 1.78. The molecule has 0 aliphatic heterocycles. The first-order valence-corrected chi connectivity index (χ1v) is 3.97. The summed E-state index contributed by atoms with van der Waals surface area (Å²) in [5, 5.41) is 0. The van der Waals surface area contributed by atoms with Gasteiger partial charge in [-0.3, -0.25) is 0 Å². The Morgan fingerprint density at radius 1 is 1.00 bits per heavy atom. The molecule has 1 aromatic carbocycles. The van der Waals surface area contributed by atoms with Crippen molar-refractivity contribution in [3.05, 3.63) is 43.0 Å². The molecule has 0 aliphatic carbocycles. The van der Waals surface area contributed by atoms with Crippen molar-refractivity contribution in [2.45, 2.75) is 0 Å². The fourth-order valence-electron chi connectivity index (χ4n) is 1.17. The maximum atomic E-state index is 5.66. The largest absolute Gasteiger partial charge is 0.244 e. The molecule has 0 bridgehead atoms. The maximum Gasteiger partial charge on any atom is 0.115 e. The third kappa shape index (κ3) is 1.75. The lowest BCUT2D eigenvalue weighted by Gasteiger charge is -2.00. The molecule has 2 radical (unpaired) electrons. The van der Waals surface area contributed by atoms with Crippen LogP contribution in [-0.2, 0) is 0 Å². The Labute approximate surface area is 78.1 Å². The smallest absolute Gasteiger partial charge is 0.115 e. The molecule has 3 heteroatoms. The van der Waals surface area contributed by atoms with Crippen molar-refractivity contribution in [1.29, 1.82) is 0 Å². The van der Waals surface area contributed by atoms with Crippen LogP contribution < -0.4 is 5.46 Å². The highest BCUT2D eigenvalue weighted by Crippen LogP contribution is 2.14. The van der Waals surface area contributed by atoms with Crippen molar-refractivity contribution in [3.8, 4) is 11.1 Å². The molecule has 2 rings (SSSR count). The molecule has 0 saturated heterocycles. The van der Waals surface area contributed by atoms with E-state index in [2.05, 4.69) is 9.97 Å². The predicted octanol–water partition coefficient (Wildman–Crippen LogP) is 0.937. The first kappa shape index (κ1) is 7.99. The summed E-state index contributed by atoms with van der Waals surface area (Å²) < 4.78 is 0. The van der Waals surface area contributed by atoms with E-state index >= 15 is 0 Å². The van der Waals surface area contributed by atoms with E-state index in [0.717, 1.165) is 16.6 Å². The Hall–Kier alpha value is -1.64. The molecule has 0 atom stereocenters. The lowest BCUT2D eigenvalue weighted by molar-refractivity contribution is 1.17. The summed E-state index contributed by atoms with van der Waals surface area (Å²) in [6.45, 7) is 0. The van der Waals surface area contributed by atoms with Crippen LogP contribution in [0.2, 0.25) is 0 Å². The molecule has 2 aromatic rings. The molecule has 0 saturated carbocycles. The fourth-order valence-corrected chi connectivity index (χ4v) is 1.17. The molecule has 0 N–H and O–H groups in total. The Balaban J connectivity index is 2.48. The zero-order valence-corrected chi connectivity index (χ0v) is 7.01. The molecular weight excluding hydrogens is 159 g/mol. The Morgan fingerprint density at radius 3 is 2.46 bits per heavy atom. The number of nitrogens with zero attached hydrogens (tertiary/aromatic N) is 2. The van der Waals surface area contributed by atoms with Crippen molar-refractivity contribution < 1.29 is 0 Å². The van der Waals surface area contributed by atoms with E-state index in [4.69, 9.17) is 7.85 Å². The van der Waals surface area contributed by atoms with Crippen molar-refractivity contribution in [2.75, 3.05) is 0 Å². The van der Waals surface area contributed by atoms with Crippen LogP contribution in [0.5, 0.6) is 0 Å². The number of benzene rings is 1. The molecule has 0 spiro atoms. The van der Waals surface area contributed by atoms with Gasteiger partial charge < -0.3 is 0 Å². The minimum atomic E-state index is 0.751. The molecule has 0 unspecified atom stereocenters. The van der Waals surface area contributed by atoms with Crippen LogP contribution in [0.4, 0.5) is 0 Å². The van der Waals surface area contributed by atoms with Crippen LogP contribution in [0.25, 0.3) is 11.1 Å². The van der Waals surface area contributed by atoms with Crippen molar-refractivity contribution in [1.82, 2.24) is 9.97 Å². The van der Waals surface area contributed by atoms with Gasteiger partial charge in [-0.1, -0.05) is 29.7 Å². The second kappa shape index (κ2) is 3.39. The number of hydrogen-bond donors (Lipinski definition) is 0. The van der Waals surface area contributed by atoms with Crippen molar-refractivity contribution in [3.63, 3.8) is 0 Å². The van der Waals surface area contributed by atoms with Gasteiger partial charge in [-0.05, 0) is 5.56 Å². The fraction of sp³-hybridized carbons (Fsp3) is 0. The maximum absolute atomic E-state index is 5.66. The lowest BCUT2D eigenvalue weighted by Crippen LogP contribution is -2.00. The van der Waals surface area contributed by atoms with Gasteiger partial charge in [0.2, 0.25) is 0 Å². The van der Waals surface area contributed by atoms with Gasteiger partial charge in [0.05, 0.1) is 0 Å². The van der Waals surface area contributed by atoms with Gasteiger partial charge in [-0.2, -0.15) is 0 Å². The van der Waals surface area contributed by atoms with Crippen molar-refractivity contribution >= 4 is 13.3 Å². The van der Waals surface area contributed by atoms with E-state index in [0.29, 0.717) is 0 Å². The summed E-state index contributed by atoms with van der Waals surface area (Å²) in [5.74, 6) is 0. The van der Waals surface area contributed by atoms with E-state index in [9.17, 15) is 0 Å². The van der Waals surface area contributed by atoms with Gasteiger partial charge in [-0.15, -0.1) is 0 Å². The van der Waals surface area contributed by atoms with Gasteiger partial charge in [0.1, 0.15) is 14.2 Å². The van der Waals surface area contributed by atoms with Crippen molar-refractivity contribution in [2.24, 2.45) is 0 Å². The second-order valence-electron chi connectivity index (χ2n) is 2.75. The predicted molar refractivity (Wildman–Crippen MR) is 52.9 cm³/mol. The SMILES string of the molecule is [B]c1cccc(-c2cncnc2)c1. The Morgan fingerprint density at radius 2 is 1.77 bits per heavy atom. The topological polar surface area (TPSA) is 25.8 Å². The molecule has 60 valence electrons. The summed E-state index contributed by atoms with van der Waals surface area (Å²) in [6.07, 6.45) is 5.04. The number of aromatic nitrogens is 2. The van der Waals surface area contributed by atoms with Crippen LogP contribution in [-0.4, -0.2) is 17.8 Å². The monoisotopic (exact) mass is 166 g/mol. The Bertz CT molecular complexity index is 401. The third-order valence-electron chi connectivity index (χ3n) is 1.78. The Kier molecular flexibility index (Phi) is 2.09. The van der Waals surface area contributed by atoms with Crippen LogP contribution in [0, 0.1) is 0 Å². The van der Waals surface area contributed by atoms with E-state index in [1.807, 2.05) is 24.3 Å². The summed E-state index contributed by atoms with van der Waals surface area (Å²) in [7, 11) is 5.66. The number of hydrogen-bond acceptors (Lipinski definition) is 2. The summed E-state index contributed by atoms with van der Waals surface area (Å²) in [6, 6.07) is 7.65. The first-order valence-electron chi connectivity index (χ1n) is 3.97. The zero-order chi connectivity index (χ0) is 9.10. The van der Waals surface area contributed by atoms with Crippen LogP contribution in [0.15, 0.2) is 43.0 Å². The molecule has 0 fully saturated rings. The summed E-state index contributed by atoms with van der Waals surface area (Å²) in [4.78, 5) is 7.88. The zero-order valence-electron chi connectivity index (χ0n) is 7.01. The molecule has 1 heterocycles. The lowest BCUT2D eigenvalue weighted by atomic mass is 9.93. The molecule has 0 amide bonds.